The lowest BCUT2D eigenvalue weighted by molar-refractivity contribution is 0.0920. The normalized spacial score (nSPS) is 10.8. The second kappa shape index (κ2) is 6.93. The summed E-state index contributed by atoms with van der Waals surface area (Å²) in [6, 6.07) is 11.5. The minimum absolute atomic E-state index is 0.0950. The Morgan fingerprint density at radius 2 is 2.00 bits per heavy atom. The second-order valence-corrected chi connectivity index (χ2v) is 5.67. The molecule has 0 saturated heterocycles. The topological polar surface area (TPSA) is 51.5 Å². The number of nitrogens with one attached hydrogen (secondary N) is 1. The minimum Gasteiger partial charge on any atom is -0.492 e. The lowest BCUT2D eigenvalue weighted by Crippen LogP contribution is -2.28. The van der Waals surface area contributed by atoms with Gasteiger partial charge < -0.3 is 14.5 Å². The minimum atomic E-state index is -0.485. The summed E-state index contributed by atoms with van der Waals surface area (Å²) in [5.74, 6) is -0.110. The fourth-order valence-corrected chi connectivity index (χ4v) is 2.50. The number of halogens is 2. The zero-order chi connectivity index (χ0) is 17.1. The fourth-order valence-electron chi connectivity index (χ4n) is 2.37. The van der Waals surface area contributed by atoms with E-state index >= 15 is 0 Å². The third kappa shape index (κ3) is 3.36. The molecule has 0 fully saturated rings. The molecule has 0 aliphatic rings. The average Bonchev–Trinajstić information content (AvgIpc) is 2.92. The highest BCUT2D eigenvalue weighted by atomic mass is 35.5. The van der Waals surface area contributed by atoms with Crippen molar-refractivity contribution >= 4 is 28.5 Å². The molecule has 3 rings (SSSR count). The Bertz CT molecular complexity index is 874. The molecular formula is C18H15ClFNO3. The van der Waals surface area contributed by atoms with Crippen molar-refractivity contribution in [1.82, 2.24) is 5.32 Å². The van der Waals surface area contributed by atoms with Crippen LogP contribution in [0, 0.1) is 12.7 Å². The van der Waals surface area contributed by atoms with E-state index in [0.29, 0.717) is 34.9 Å². The van der Waals surface area contributed by atoms with Gasteiger partial charge in [-0.1, -0.05) is 23.7 Å². The van der Waals surface area contributed by atoms with E-state index < -0.39 is 11.7 Å². The number of carbonyl (C=O) groups excluding carboxylic acids is 1. The molecule has 124 valence electrons. The number of carbonyl (C=O) groups is 1. The summed E-state index contributed by atoms with van der Waals surface area (Å²) in [6.45, 7) is 2.31. The Kier molecular flexibility index (Phi) is 4.71. The Morgan fingerprint density at radius 3 is 2.71 bits per heavy atom. The number of furan rings is 1. The summed E-state index contributed by atoms with van der Waals surface area (Å²) in [4.78, 5) is 12.2. The van der Waals surface area contributed by atoms with Crippen LogP contribution in [0.3, 0.4) is 0 Å². The van der Waals surface area contributed by atoms with Crippen LogP contribution in [0.15, 0.2) is 46.9 Å². The highest BCUT2D eigenvalue weighted by Gasteiger charge is 2.19. The number of fused-ring (bicyclic) bond motifs is 1. The largest absolute Gasteiger partial charge is 0.492 e. The molecule has 0 atom stereocenters. The molecule has 0 radical (unpaired) electrons. The van der Waals surface area contributed by atoms with Gasteiger partial charge in [0.05, 0.1) is 6.54 Å². The lowest BCUT2D eigenvalue weighted by atomic mass is 10.1. The van der Waals surface area contributed by atoms with Crippen molar-refractivity contribution < 1.29 is 18.3 Å². The second-order valence-electron chi connectivity index (χ2n) is 5.23. The van der Waals surface area contributed by atoms with Crippen LogP contribution in [0.25, 0.3) is 11.0 Å². The van der Waals surface area contributed by atoms with Gasteiger partial charge in [-0.25, -0.2) is 4.39 Å². The lowest BCUT2D eigenvalue weighted by Gasteiger charge is -2.07. The van der Waals surface area contributed by atoms with Crippen LogP contribution in [-0.2, 0) is 0 Å². The van der Waals surface area contributed by atoms with E-state index in [0.717, 1.165) is 0 Å². The van der Waals surface area contributed by atoms with Crippen LogP contribution in [0.2, 0.25) is 5.02 Å². The third-order valence-corrected chi connectivity index (χ3v) is 3.84. The molecular weight excluding hydrogens is 333 g/mol. The fraction of sp³-hybridized carbons (Fsp3) is 0.167. The predicted molar refractivity (Wildman–Crippen MR) is 90.2 cm³/mol. The van der Waals surface area contributed by atoms with E-state index in [1.165, 1.54) is 6.07 Å². The molecule has 0 unspecified atom stereocenters. The Hall–Kier alpha value is -2.53. The zero-order valence-corrected chi connectivity index (χ0v) is 13.7. The summed E-state index contributed by atoms with van der Waals surface area (Å²) in [5, 5.41) is 3.92. The van der Waals surface area contributed by atoms with Gasteiger partial charge in [-0.15, -0.1) is 0 Å². The van der Waals surface area contributed by atoms with Crippen LogP contribution in [-0.4, -0.2) is 19.1 Å². The molecule has 1 aromatic heterocycles. The van der Waals surface area contributed by atoms with Crippen LogP contribution in [0.1, 0.15) is 16.1 Å². The van der Waals surface area contributed by atoms with Crippen molar-refractivity contribution in [1.29, 1.82) is 0 Å². The summed E-state index contributed by atoms with van der Waals surface area (Å²) in [7, 11) is 0. The van der Waals surface area contributed by atoms with E-state index in [9.17, 15) is 9.18 Å². The van der Waals surface area contributed by atoms with E-state index in [-0.39, 0.29) is 11.3 Å². The first-order chi connectivity index (χ1) is 11.6. The molecule has 0 saturated carbocycles. The van der Waals surface area contributed by atoms with Crippen molar-refractivity contribution in [3.05, 3.63) is 64.6 Å². The first kappa shape index (κ1) is 16.3. The number of para-hydroxylation sites is 1. The summed E-state index contributed by atoms with van der Waals surface area (Å²) >= 11 is 5.79. The molecule has 0 aliphatic carbocycles. The molecule has 2 aromatic carbocycles. The van der Waals surface area contributed by atoms with Gasteiger partial charge >= 0.3 is 0 Å². The van der Waals surface area contributed by atoms with Crippen LogP contribution in [0.5, 0.6) is 5.75 Å². The third-order valence-electron chi connectivity index (χ3n) is 3.59. The Labute approximate surface area is 143 Å². The first-order valence-corrected chi connectivity index (χ1v) is 7.78. The molecule has 0 aliphatic heterocycles. The van der Waals surface area contributed by atoms with Gasteiger partial charge in [0.2, 0.25) is 0 Å². The van der Waals surface area contributed by atoms with Crippen LogP contribution in [0.4, 0.5) is 4.39 Å². The summed E-state index contributed by atoms with van der Waals surface area (Å²) in [5.41, 5.74) is 0.707. The van der Waals surface area contributed by atoms with Gasteiger partial charge in [-0.3, -0.25) is 4.79 Å². The Morgan fingerprint density at radius 1 is 1.25 bits per heavy atom. The predicted octanol–water partition coefficient (Wildman–Crippen LogP) is 4.34. The van der Waals surface area contributed by atoms with Gasteiger partial charge in [-0.2, -0.15) is 0 Å². The van der Waals surface area contributed by atoms with Gasteiger partial charge in [0.15, 0.2) is 17.2 Å². The number of ether oxygens (including phenoxy) is 1. The molecule has 0 bridgehead atoms. The van der Waals surface area contributed by atoms with Crippen molar-refractivity contribution in [3.63, 3.8) is 0 Å². The standard InChI is InChI=1S/C18H15ClFNO3/c1-11-14-3-2-4-15(20)17(14)24-16(11)18(22)21-9-10-23-13-7-5-12(19)6-8-13/h2-8H,9-10H2,1H3,(H,21,22). The number of benzene rings is 2. The maximum absolute atomic E-state index is 13.7. The van der Waals surface area contributed by atoms with Crippen LogP contribution >= 0.6 is 11.6 Å². The first-order valence-electron chi connectivity index (χ1n) is 7.40. The zero-order valence-electron chi connectivity index (χ0n) is 12.9. The van der Waals surface area contributed by atoms with E-state index in [1.54, 1.807) is 43.3 Å². The van der Waals surface area contributed by atoms with Crippen molar-refractivity contribution in [2.75, 3.05) is 13.2 Å². The number of aryl methyl sites for hydroxylation is 1. The SMILES string of the molecule is Cc1c(C(=O)NCCOc2ccc(Cl)cc2)oc2c(F)cccc12. The smallest absolute Gasteiger partial charge is 0.287 e. The van der Waals surface area contributed by atoms with Gasteiger partial charge in [-0.05, 0) is 37.3 Å². The van der Waals surface area contributed by atoms with E-state index in [1.807, 2.05) is 0 Å². The van der Waals surface area contributed by atoms with Gasteiger partial charge in [0, 0.05) is 16.0 Å². The summed E-state index contributed by atoms with van der Waals surface area (Å²) < 4.78 is 24.6. The molecule has 6 heteroatoms. The molecule has 3 aromatic rings. The average molecular weight is 348 g/mol. The van der Waals surface area contributed by atoms with E-state index in [4.69, 9.17) is 20.8 Å². The van der Waals surface area contributed by atoms with Gasteiger partial charge in [0.25, 0.3) is 5.91 Å². The van der Waals surface area contributed by atoms with Crippen molar-refractivity contribution in [2.45, 2.75) is 6.92 Å². The van der Waals surface area contributed by atoms with Crippen LogP contribution < -0.4 is 10.1 Å². The molecule has 0 spiro atoms. The Balaban J connectivity index is 1.60. The van der Waals surface area contributed by atoms with E-state index in [2.05, 4.69) is 5.32 Å². The number of rotatable bonds is 5. The monoisotopic (exact) mass is 347 g/mol. The highest BCUT2D eigenvalue weighted by molar-refractivity contribution is 6.30. The molecule has 1 N–H and O–H groups in total. The highest BCUT2D eigenvalue weighted by Crippen LogP contribution is 2.27. The quantitative estimate of drug-likeness (QED) is 0.698. The number of amides is 1. The number of hydrogen-bond donors (Lipinski definition) is 1. The molecule has 4 nitrogen and oxygen atoms in total. The molecule has 1 amide bonds. The maximum atomic E-state index is 13.7. The number of hydrogen-bond acceptors (Lipinski definition) is 3. The van der Waals surface area contributed by atoms with Gasteiger partial charge in [0.1, 0.15) is 12.4 Å². The molecule has 24 heavy (non-hydrogen) atoms. The maximum Gasteiger partial charge on any atom is 0.287 e. The van der Waals surface area contributed by atoms with Crippen molar-refractivity contribution in [3.8, 4) is 5.75 Å². The van der Waals surface area contributed by atoms with Crippen molar-refractivity contribution in [2.24, 2.45) is 0 Å². The molecule has 1 heterocycles. The summed E-state index contributed by atoms with van der Waals surface area (Å²) in [6.07, 6.45) is 0.